The van der Waals surface area contributed by atoms with E-state index in [2.05, 4.69) is 10.1 Å². The molecule has 4 N–H and O–H groups in total. The summed E-state index contributed by atoms with van der Waals surface area (Å²) in [6.45, 7) is 0.521. The molecule has 0 aromatic rings. The lowest BCUT2D eigenvalue weighted by molar-refractivity contribution is -0.240. The summed E-state index contributed by atoms with van der Waals surface area (Å²) in [6, 6.07) is -1.22. The van der Waals surface area contributed by atoms with Crippen molar-refractivity contribution in [3.05, 3.63) is 0 Å². The molecule has 5 atom stereocenters. The van der Waals surface area contributed by atoms with Crippen LogP contribution in [0.15, 0.2) is 0 Å². The van der Waals surface area contributed by atoms with Gasteiger partial charge in [-0.2, -0.15) is 0 Å². The zero-order valence-corrected chi connectivity index (χ0v) is 8.13. The molecular formula is C8H14FNO5. The second-order valence-electron chi connectivity index (χ2n) is 3.41. The van der Waals surface area contributed by atoms with Crippen molar-refractivity contribution in [2.45, 2.75) is 37.6 Å². The summed E-state index contributed by atoms with van der Waals surface area (Å²) in [7, 11) is 0. The Labute approximate surface area is 85.7 Å². The van der Waals surface area contributed by atoms with Crippen LogP contribution < -0.4 is 5.32 Å². The molecule has 1 heterocycles. The Balaban J connectivity index is 2.70. The number of ether oxygens (including phenoxy) is 1. The van der Waals surface area contributed by atoms with Crippen LogP contribution in [0.2, 0.25) is 0 Å². The van der Waals surface area contributed by atoms with Crippen LogP contribution in [0.25, 0.3) is 0 Å². The molecule has 0 spiro atoms. The van der Waals surface area contributed by atoms with Crippen LogP contribution in [-0.4, -0.2) is 58.5 Å². The number of amides is 1. The molecule has 0 bridgehead atoms. The third kappa shape index (κ3) is 2.63. The van der Waals surface area contributed by atoms with Gasteiger partial charge in [-0.1, -0.05) is 0 Å². The normalized spacial score (nSPS) is 41.3. The maximum absolute atomic E-state index is 13.3. The second kappa shape index (κ2) is 4.84. The van der Waals surface area contributed by atoms with Gasteiger partial charge in [-0.15, -0.1) is 0 Å². The second-order valence-corrected chi connectivity index (χ2v) is 3.41. The van der Waals surface area contributed by atoms with Crippen LogP contribution in [0.4, 0.5) is 4.39 Å². The number of rotatable bonds is 2. The van der Waals surface area contributed by atoms with E-state index in [4.69, 9.17) is 5.11 Å². The molecule has 0 aromatic carbocycles. The van der Waals surface area contributed by atoms with Gasteiger partial charge < -0.3 is 25.4 Å². The first-order valence-corrected chi connectivity index (χ1v) is 4.51. The highest BCUT2D eigenvalue weighted by Crippen LogP contribution is 2.22. The summed E-state index contributed by atoms with van der Waals surface area (Å²) in [4.78, 5) is 10.7. The highest BCUT2D eigenvalue weighted by atomic mass is 19.1. The number of nitrogens with one attached hydrogen (secondary N) is 1. The number of hydrogen-bond donors (Lipinski definition) is 4. The first kappa shape index (κ1) is 12.3. The molecule has 1 fully saturated rings. The molecule has 15 heavy (non-hydrogen) atoms. The van der Waals surface area contributed by atoms with Gasteiger partial charge in [0.05, 0.1) is 6.61 Å². The fourth-order valence-corrected chi connectivity index (χ4v) is 1.46. The van der Waals surface area contributed by atoms with Crippen LogP contribution >= 0.6 is 0 Å². The van der Waals surface area contributed by atoms with Gasteiger partial charge in [0, 0.05) is 6.92 Å². The van der Waals surface area contributed by atoms with Gasteiger partial charge in [0.15, 0.2) is 12.5 Å². The molecule has 0 radical (unpaired) electrons. The Kier molecular flexibility index (Phi) is 3.97. The van der Waals surface area contributed by atoms with Crippen molar-refractivity contribution in [2.24, 2.45) is 0 Å². The Morgan fingerprint density at radius 3 is 2.60 bits per heavy atom. The van der Waals surface area contributed by atoms with Gasteiger partial charge in [0.25, 0.3) is 0 Å². The highest BCUT2D eigenvalue weighted by Gasteiger charge is 2.45. The Bertz CT molecular complexity index is 239. The van der Waals surface area contributed by atoms with Gasteiger partial charge >= 0.3 is 0 Å². The standard InChI is InChI=1S/C8H14FNO5/c1-3(12)10-6-7(13)5(9)4(2-11)15-8(6)14/h4-8,11,13-14H,2H2,1H3,(H,10,12)/t4-,5+,6-,7-,8-/m0/s1. The molecule has 7 heteroatoms. The molecule has 6 nitrogen and oxygen atoms in total. The number of carbonyl (C=O) groups excluding carboxylic acids is 1. The fraction of sp³-hybridized carbons (Fsp3) is 0.875. The maximum Gasteiger partial charge on any atom is 0.217 e. The van der Waals surface area contributed by atoms with Gasteiger partial charge in [-0.05, 0) is 0 Å². The van der Waals surface area contributed by atoms with Crippen LogP contribution in [-0.2, 0) is 9.53 Å². The molecule has 1 aliphatic heterocycles. The Hall–Kier alpha value is -0.760. The van der Waals surface area contributed by atoms with Gasteiger partial charge in [0.2, 0.25) is 5.91 Å². The van der Waals surface area contributed by atoms with E-state index in [1.807, 2.05) is 0 Å². The van der Waals surface area contributed by atoms with E-state index < -0.39 is 43.2 Å². The molecule has 1 amide bonds. The van der Waals surface area contributed by atoms with Crippen LogP contribution in [0.3, 0.4) is 0 Å². The average molecular weight is 223 g/mol. The number of aliphatic hydroxyl groups excluding tert-OH is 3. The van der Waals surface area contributed by atoms with E-state index in [1.54, 1.807) is 0 Å². The summed E-state index contributed by atoms with van der Waals surface area (Å²) in [6.07, 6.45) is -6.27. The number of hydrogen-bond acceptors (Lipinski definition) is 5. The highest BCUT2D eigenvalue weighted by molar-refractivity contribution is 5.73. The monoisotopic (exact) mass is 223 g/mol. The van der Waals surface area contributed by atoms with E-state index in [1.165, 1.54) is 6.92 Å². The molecule has 0 unspecified atom stereocenters. The first-order valence-electron chi connectivity index (χ1n) is 4.51. The summed E-state index contributed by atoms with van der Waals surface area (Å²) >= 11 is 0. The minimum absolute atomic E-state index is 0.517. The number of halogens is 1. The molecule has 0 aromatic heterocycles. The third-order valence-electron chi connectivity index (χ3n) is 2.22. The summed E-state index contributed by atoms with van der Waals surface area (Å²) in [5.41, 5.74) is 0. The SMILES string of the molecule is CC(=O)N[C@H]1[C@@H](O)[C@H](F)[C@H](CO)O[C@@H]1O. The van der Waals surface area contributed by atoms with E-state index in [0.717, 1.165) is 0 Å². The number of alkyl halides is 1. The van der Waals surface area contributed by atoms with Crippen molar-refractivity contribution in [1.82, 2.24) is 5.32 Å². The first-order chi connectivity index (χ1) is 6.97. The van der Waals surface area contributed by atoms with E-state index in [-0.39, 0.29) is 0 Å². The molecular weight excluding hydrogens is 209 g/mol. The molecule has 88 valence electrons. The van der Waals surface area contributed by atoms with Gasteiger partial charge in [-0.3, -0.25) is 4.79 Å². The third-order valence-corrected chi connectivity index (χ3v) is 2.22. The minimum atomic E-state index is -1.85. The van der Waals surface area contributed by atoms with E-state index >= 15 is 0 Å². The van der Waals surface area contributed by atoms with Gasteiger partial charge in [0.1, 0.15) is 18.2 Å². The van der Waals surface area contributed by atoms with Crippen molar-refractivity contribution in [3.63, 3.8) is 0 Å². The predicted molar refractivity (Wildman–Crippen MR) is 46.5 cm³/mol. The maximum atomic E-state index is 13.3. The summed E-state index contributed by atoms with van der Waals surface area (Å²) in [5.74, 6) is -0.517. The van der Waals surface area contributed by atoms with E-state index in [9.17, 15) is 19.4 Å². The quantitative estimate of drug-likeness (QED) is 0.430. The Morgan fingerprint density at radius 1 is 1.53 bits per heavy atom. The van der Waals surface area contributed by atoms with Crippen molar-refractivity contribution < 1.29 is 29.2 Å². The van der Waals surface area contributed by atoms with Crippen molar-refractivity contribution in [2.75, 3.05) is 6.61 Å². The van der Waals surface area contributed by atoms with Crippen molar-refractivity contribution >= 4 is 5.91 Å². The molecule has 1 saturated heterocycles. The largest absolute Gasteiger partial charge is 0.394 e. The minimum Gasteiger partial charge on any atom is -0.394 e. The number of aliphatic hydroxyl groups is 3. The van der Waals surface area contributed by atoms with Crippen molar-refractivity contribution in [3.8, 4) is 0 Å². The van der Waals surface area contributed by atoms with Crippen LogP contribution in [0.1, 0.15) is 6.92 Å². The lowest BCUT2D eigenvalue weighted by atomic mass is 9.98. The lowest BCUT2D eigenvalue weighted by Gasteiger charge is -2.38. The van der Waals surface area contributed by atoms with E-state index in [0.29, 0.717) is 0 Å². The molecule has 0 saturated carbocycles. The summed E-state index contributed by atoms with van der Waals surface area (Å²) in [5, 5.41) is 29.6. The molecule has 1 aliphatic rings. The zero-order chi connectivity index (χ0) is 11.6. The van der Waals surface area contributed by atoms with Crippen molar-refractivity contribution in [1.29, 1.82) is 0 Å². The van der Waals surface area contributed by atoms with Gasteiger partial charge in [-0.25, -0.2) is 4.39 Å². The number of carbonyl (C=O) groups is 1. The zero-order valence-electron chi connectivity index (χ0n) is 8.13. The van der Waals surface area contributed by atoms with Crippen LogP contribution in [0.5, 0.6) is 0 Å². The topological polar surface area (TPSA) is 99.0 Å². The predicted octanol–water partition coefficient (Wildman–Crippen LogP) is -2.10. The average Bonchev–Trinajstić information content (AvgIpc) is 2.18. The molecule has 1 rings (SSSR count). The summed E-state index contributed by atoms with van der Waals surface area (Å²) < 4.78 is 18.0. The lowest BCUT2D eigenvalue weighted by Crippen LogP contribution is -2.62. The molecule has 0 aliphatic carbocycles. The fourth-order valence-electron chi connectivity index (χ4n) is 1.46. The van der Waals surface area contributed by atoms with Crippen LogP contribution in [0, 0.1) is 0 Å². The Morgan fingerprint density at radius 2 is 2.13 bits per heavy atom. The smallest absolute Gasteiger partial charge is 0.217 e.